The summed E-state index contributed by atoms with van der Waals surface area (Å²) in [5, 5.41) is 9.20. The summed E-state index contributed by atoms with van der Waals surface area (Å²) in [6, 6.07) is 12.9. The number of para-hydroxylation sites is 1. The van der Waals surface area contributed by atoms with Gasteiger partial charge >= 0.3 is 5.97 Å². The molecular weight excluding hydrogens is 302 g/mol. The number of anilines is 1. The highest BCUT2D eigenvalue weighted by molar-refractivity contribution is 7.93. The Morgan fingerprint density at radius 3 is 2.45 bits per heavy atom. The van der Waals surface area contributed by atoms with Crippen LogP contribution in [0.25, 0.3) is 0 Å². The number of hydrogen-bond acceptors (Lipinski definition) is 3. The summed E-state index contributed by atoms with van der Waals surface area (Å²) in [7, 11) is -3.75. The highest BCUT2D eigenvalue weighted by Gasteiger charge is 2.44. The molecule has 0 radical (unpaired) electrons. The molecule has 0 saturated heterocycles. The Bertz CT molecular complexity index is 830. The van der Waals surface area contributed by atoms with Gasteiger partial charge in [-0.25, -0.2) is 8.42 Å². The van der Waals surface area contributed by atoms with Crippen molar-refractivity contribution >= 4 is 21.7 Å². The Morgan fingerprint density at radius 1 is 1.14 bits per heavy atom. The van der Waals surface area contributed by atoms with E-state index < -0.39 is 22.0 Å². The third-order valence-electron chi connectivity index (χ3n) is 3.82. The van der Waals surface area contributed by atoms with Crippen molar-refractivity contribution in [3.8, 4) is 0 Å². The Balaban J connectivity index is 2.25. The first-order valence-corrected chi connectivity index (χ1v) is 8.27. The van der Waals surface area contributed by atoms with E-state index in [0.29, 0.717) is 11.3 Å². The Kier molecular flexibility index (Phi) is 3.41. The van der Waals surface area contributed by atoms with Crippen LogP contribution < -0.4 is 4.31 Å². The van der Waals surface area contributed by atoms with Crippen LogP contribution in [0.4, 0.5) is 5.69 Å². The van der Waals surface area contributed by atoms with Crippen molar-refractivity contribution in [2.45, 2.75) is 24.3 Å². The number of sulfonamides is 1. The molecule has 1 unspecified atom stereocenters. The van der Waals surface area contributed by atoms with Crippen molar-refractivity contribution in [3.63, 3.8) is 0 Å². The first kappa shape index (κ1) is 14.6. The van der Waals surface area contributed by atoms with Gasteiger partial charge < -0.3 is 5.11 Å². The third kappa shape index (κ3) is 2.16. The van der Waals surface area contributed by atoms with Gasteiger partial charge in [-0.15, -0.1) is 0 Å². The van der Waals surface area contributed by atoms with E-state index in [0.717, 1.165) is 5.56 Å². The van der Waals surface area contributed by atoms with Crippen LogP contribution in [0.5, 0.6) is 0 Å². The minimum absolute atomic E-state index is 0.197. The molecule has 1 N–H and O–H groups in total. The van der Waals surface area contributed by atoms with Crippen LogP contribution >= 0.6 is 0 Å². The fourth-order valence-corrected chi connectivity index (χ4v) is 4.89. The van der Waals surface area contributed by atoms with Crippen LogP contribution in [-0.2, 0) is 14.8 Å². The van der Waals surface area contributed by atoms with Gasteiger partial charge in [-0.2, -0.15) is 0 Å². The number of aliphatic carboxylic acids is 1. The number of rotatable bonds is 3. The number of benzene rings is 2. The highest BCUT2D eigenvalue weighted by atomic mass is 32.2. The van der Waals surface area contributed by atoms with Crippen molar-refractivity contribution in [1.82, 2.24) is 0 Å². The van der Waals surface area contributed by atoms with Crippen molar-refractivity contribution in [1.29, 1.82) is 0 Å². The number of aryl methyl sites for hydroxylation is 1. The maximum absolute atomic E-state index is 12.9. The third-order valence-corrected chi connectivity index (χ3v) is 5.71. The van der Waals surface area contributed by atoms with E-state index in [4.69, 9.17) is 0 Å². The van der Waals surface area contributed by atoms with Gasteiger partial charge in [-0.05, 0) is 36.2 Å². The fourth-order valence-electron chi connectivity index (χ4n) is 2.94. The predicted octanol–water partition coefficient (Wildman–Crippen LogP) is 2.72. The first-order chi connectivity index (χ1) is 10.4. The molecular formula is C16H15NO4S. The van der Waals surface area contributed by atoms with E-state index in [-0.39, 0.29) is 11.3 Å². The summed E-state index contributed by atoms with van der Waals surface area (Å²) in [5.41, 5.74) is 1.84. The van der Waals surface area contributed by atoms with E-state index in [1.165, 1.54) is 10.4 Å². The lowest BCUT2D eigenvalue weighted by atomic mass is 9.98. The molecule has 0 fully saturated rings. The molecule has 1 heterocycles. The molecule has 0 aromatic heterocycles. The molecule has 0 amide bonds. The number of nitrogens with zero attached hydrogens (tertiary/aromatic N) is 1. The number of hydrogen-bond donors (Lipinski definition) is 1. The van der Waals surface area contributed by atoms with Gasteiger partial charge in [0.1, 0.15) is 0 Å². The van der Waals surface area contributed by atoms with Crippen LogP contribution in [0.2, 0.25) is 0 Å². The van der Waals surface area contributed by atoms with Gasteiger partial charge in [0.2, 0.25) is 0 Å². The molecule has 0 spiro atoms. The van der Waals surface area contributed by atoms with E-state index in [1.54, 1.807) is 49.4 Å². The standard InChI is InChI=1S/C16H15NO4S/c1-11-6-5-9-14-16(11)13(10-15(18)19)17(22(14,20)21)12-7-3-2-4-8-12/h2-9,13H,10H2,1H3,(H,18,19). The summed E-state index contributed by atoms with van der Waals surface area (Å²) in [5.74, 6) is -1.03. The average Bonchev–Trinajstić information content (AvgIpc) is 2.68. The largest absolute Gasteiger partial charge is 0.481 e. The predicted molar refractivity (Wildman–Crippen MR) is 82.3 cm³/mol. The SMILES string of the molecule is Cc1cccc2c1C(CC(=O)O)N(c1ccccc1)S2(=O)=O. The maximum Gasteiger partial charge on any atom is 0.305 e. The molecule has 114 valence electrons. The second-order valence-electron chi connectivity index (χ2n) is 5.24. The number of carboxylic acids is 1. The fraction of sp³-hybridized carbons (Fsp3) is 0.188. The van der Waals surface area contributed by atoms with Crippen LogP contribution in [0.15, 0.2) is 53.4 Å². The van der Waals surface area contributed by atoms with E-state index in [2.05, 4.69) is 0 Å². The highest BCUT2D eigenvalue weighted by Crippen LogP contribution is 2.45. The number of carbonyl (C=O) groups is 1. The lowest BCUT2D eigenvalue weighted by molar-refractivity contribution is -0.137. The molecule has 0 saturated carbocycles. The van der Waals surface area contributed by atoms with Crippen LogP contribution in [0, 0.1) is 6.92 Å². The molecule has 1 atom stereocenters. The monoisotopic (exact) mass is 317 g/mol. The van der Waals surface area contributed by atoms with Crippen LogP contribution in [-0.4, -0.2) is 19.5 Å². The smallest absolute Gasteiger partial charge is 0.305 e. The van der Waals surface area contributed by atoms with Gasteiger partial charge in [0, 0.05) is 0 Å². The van der Waals surface area contributed by atoms with E-state index in [1.807, 2.05) is 0 Å². The normalized spacial score (nSPS) is 19.0. The molecule has 1 aliphatic rings. The second-order valence-corrected chi connectivity index (χ2v) is 7.02. The topological polar surface area (TPSA) is 74.7 Å². The maximum atomic E-state index is 12.9. The van der Waals surface area contributed by atoms with Crippen LogP contribution in [0.3, 0.4) is 0 Å². The Labute approximate surface area is 128 Å². The zero-order valence-electron chi connectivity index (χ0n) is 11.9. The molecule has 1 aliphatic heterocycles. The minimum atomic E-state index is -3.75. The lowest BCUT2D eigenvalue weighted by Gasteiger charge is -2.25. The quantitative estimate of drug-likeness (QED) is 0.944. The molecule has 6 heteroatoms. The van der Waals surface area contributed by atoms with Crippen LogP contribution in [0.1, 0.15) is 23.6 Å². The zero-order chi connectivity index (χ0) is 15.9. The first-order valence-electron chi connectivity index (χ1n) is 6.83. The summed E-state index contributed by atoms with van der Waals surface area (Å²) in [4.78, 5) is 11.4. The molecule has 0 aliphatic carbocycles. The van der Waals surface area contributed by atoms with E-state index >= 15 is 0 Å². The van der Waals surface area contributed by atoms with Crippen molar-refractivity contribution in [3.05, 3.63) is 59.7 Å². The summed E-state index contributed by atoms with van der Waals surface area (Å²) < 4.78 is 26.9. The van der Waals surface area contributed by atoms with Gasteiger partial charge in [0.05, 0.1) is 23.0 Å². The Morgan fingerprint density at radius 2 is 1.82 bits per heavy atom. The molecule has 22 heavy (non-hydrogen) atoms. The molecule has 5 nitrogen and oxygen atoms in total. The van der Waals surface area contributed by atoms with Gasteiger partial charge in [0.25, 0.3) is 10.0 Å². The van der Waals surface area contributed by atoms with Crippen molar-refractivity contribution in [2.75, 3.05) is 4.31 Å². The average molecular weight is 317 g/mol. The Hall–Kier alpha value is -2.34. The summed E-state index contributed by atoms with van der Waals surface area (Å²) >= 11 is 0. The minimum Gasteiger partial charge on any atom is -0.481 e. The van der Waals surface area contributed by atoms with E-state index in [9.17, 15) is 18.3 Å². The van der Waals surface area contributed by atoms with Crippen molar-refractivity contribution in [2.24, 2.45) is 0 Å². The zero-order valence-corrected chi connectivity index (χ0v) is 12.7. The van der Waals surface area contributed by atoms with Gasteiger partial charge in [0.15, 0.2) is 0 Å². The molecule has 0 bridgehead atoms. The van der Waals surface area contributed by atoms with Gasteiger partial charge in [-0.1, -0.05) is 30.3 Å². The lowest BCUT2D eigenvalue weighted by Crippen LogP contribution is -2.29. The number of fused-ring (bicyclic) bond motifs is 1. The molecule has 2 aromatic rings. The van der Waals surface area contributed by atoms with Gasteiger partial charge in [-0.3, -0.25) is 9.10 Å². The van der Waals surface area contributed by atoms with Crippen molar-refractivity contribution < 1.29 is 18.3 Å². The molecule has 3 rings (SSSR count). The summed E-state index contributed by atoms with van der Waals surface area (Å²) in [6.07, 6.45) is -0.272. The summed E-state index contributed by atoms with van der Waals surface area (Å²) in [6.45, 7) is 1.80. The molecule has 2 aromatic carbocycles. The second kappa shape index (κ2) is 5.14. The number of carboxylic acid groups (broad SMARTS) is 1.